The smallest absolute Gasteiger partial charge is 0.313 e. The molecule has 1 unspecified atom stereocenters. The molecule has 0 saturated heterocycles. The van der Waals surface area contributed by atoms with E-state index in [-0.39, 0.29) is 11.9 Å². The first kappa shape index (κ1) is 14.7. The monoisotopic (exact) mass is 291 g/mol. The Kier molecular flexibility index (Phi) is 4.85. The maximum atomic E-state index is 11.9. The van der Waals surface area contributed by atoms with Crippen LogP contribution in [0.15, 0.2) is 42.7 Å². The van der Waals surface area contributed by atoms with Crippen LogP contribution in [0.2, 0.25) is 5.02 Å². The van der Waals surface area contributed by atoms with Gasteiger partial charge in [0.2, 0.25) is 0 Å². The molecular formula is C16H18ClNO2. The van der Waals surface area contributed by atoms with Gasteiger partial charge in [0.15, 0.2) is 0 Å². The lowest BCUT2D eigenvalue weighted by Gasteiger charge is -2.15. The van der Waals surface area contributed by atoms with Crippen LogP contribution in [0.1, 0.15) is 31.7 Å². The maximum absolute atomic E-state index is 11.9. The molecule has 0 aliphatic carbocycles. The molecule has 0 aliphatic rings. The van der Waals surface area contributed by atoms with Gasteiger partial charge in [-0.3, -0.25) is 4.79 Å². The summed E-state index contributed by atoms with van der Waals surface area (Å²) in [5.74, 6) is -0.453. The van der Waals surface area contributed by atoms with E-state index in [4.69, 9.17) is 16.3 Å². The molecule has 0 amide bonds. The Labute approximate surface area is 124 Å². The van der Waals surface area contributed by atoms with Gasteiger partial charge < -0.3 is 9.30 Å². The summed E-state index contributed by atoms with van der Waals surface area (Å²) in [6.45, 7) is 4.17. The molecule has 106 valence electrons. The number of nitrogens with zero attached hydrogens (tertiary/aromatic N) is 1. The number of carbonyl (C=O) groups excluding carboxylic acids is 1. The van der Waals surface area contributed by atoms with Crippen molar-refractivity contribution in [3.63, 3.8) is 0 Å². The van der Waals surface area contributed by atoms with Gasteiger partial charge in [-0.1, -0.05) is 24.6 Å². The van der Waals surface area contributed by atoms with Gasteiger partial charge in [-0.25, -0.2) is 0 Å². The third kappa shape index (κ3) is 3.05. The van der Waals surface area contributed by atoms with Crippen molar-refractivity contribution in [2.75, 3.05) is 6.61 Å². The summed E-state index contributed by atoms with van der Waals surface area (Å²) in [7, 11) is 0. The second-order valence-corrected chi connectivity index (χ2v) is 4.92. The van der Waals surface area contributed by atoms with Crippen molar-refractivity contribution < 1.29 is 9.53 Å². The van der Waals surface area contributed by atoms with Crippen molar-refractivity contribution in [3.8, 4) is 5.69 Å². The van der Waals surface area contributed by atoms with Gasteiger partial charge in [-0.15, -0.1) is 0 Å². The summed E-state index contributed by atoms with van der Waals surface area (Å²) in [4.78, 5) is 11.9. The van der Waals surface area contributed by atoms with Crippen LogP contribution in [0.5, 0.6) is 0 Å². The standard InChI is InChI=1S/C16H18ClNO2/c1-3-13(16(19)20-4-2)12-7-8-15(14(17)11-12)18-9-5-6-10-18/h5-11,13H,3-4H2,1-2H3. The summed E-state index contributed by atoms with van der Waals surface area (Å²) in [5, 5.41) is 0.626. The number of hydrogen-bond donors (Lipinski definition) is 0. The van der Waals surface area contributed by atoms with Gasteiger partial charge in [0.1, 0.15) is 0 Å². The van der Waals surface area contributed by atoms with E-state index in [1.165, 1.54) is 0 Å². The molecular weight excluding hydrogens is 274 g/mol. The zero-order valence-corrected chi connectivity index (χ0v) is 12.4. The highest BCUT2D eigenvalue weighted by Gasteiger charge is 2.20. The highest BCUT2D eigenvalue weighted by molar-refractivity contribution is 6.32. The largest absolute Gasteiger partial charge is 0.466 e. The minimum Gasteiger partial charge on any atom is -0.466 e. The van der Waals surface area contributed by atoms with Crippen LogP contribution < -0.4 is 0 Å². The predicted octanol–water partition coefficient (Wildman–Crippen LogP) is 4.19. The molecule has 3 nitrogen and oxygen atoms in total. The van der Waals surface area contributed by atoms with E-state index < -0.39 is 0 Å². The van der Waals surface area contributed by atoms with Crippen molar-refractivity contribution in [2.45, 2.75) is 26.2 Å². The molecule has 1 heterocycles. The number of rotatable bonds is 5. The lowest BCUT2D eigenvalue weighted by molar-refractivity contribution is -0.145. The van der Waals surface area contributed by atoms with Crippen LogP contribution in [0.4, 0.5) is 0 Å². The summed E-state index contributed by atoms with van der Waals surface area (Å²) in [6, 6.07) is 9.60. The number of esters is 1. The third-order valence-corrected chi connectivity index (χ3v) is 3.54. The molecule has 0 spiro atoms. The molecule has 0 N–H and O–H groups in total. The molecule has 0 bridgehead atoms. The van der Waals surface area contributed by atoms with E-state index in [0.29, 0.717) is 18.1 Å². The van der Waals surface area contributed by atoms with Gasteiger partial charge in [0.25, 0.3) is 0 Å². The van der Waals surface area contributed by atoms with Gasteiger partial charge in [0.05, 0.1) is 23.2 Å². The molecule has 0 aliphatic heterocycles. The van der Waals surface area contributed by atoms with Gasteiger partial charge in [-0.2, -0.15) is 0 Å². The van der Waals surface area contributed by atoms with Crippen LogP contribution >= 0.6 is 11.6 Å². The molecule has 0 radical (unpaired) electrons. The van der Waals surface area contributed by atoms with Crippen molar-refractivity contribution in [1.29, 1.82) is 0 Å². The van der Waals surface area contributed by atoms with Gasteiger partial charge in [0, 0.05) is 12.4 Å². The minimum atomic E-state index is -0.258. The summed E-state index contributed by atoms with van der Waals surface area (Å²) in [6.07, 6.45) is 4.56. The van der Waals surface area contributed by atoms with E-state index in [9.17, 15) is 4.79 Å². The SMILES string of the molecule is CCOC(=O)C(CC)c1ccc(-n2cccc2)c(Cl)c1. The molecule has 4 heteroatoms. The Morgan fingerprint density at radius 3 is 2.55 bits per heavy atom. The fraction of sp³-hybridized carbons (Fsp3) is 0.312. The van der Waals surface area contributed by atoms with Gasteiger partial charge >= 0.3 is 5.97 Å². The molecule has 1 aromatic heterocycles. The Hall–Kier alpha value is -1.74. The van der Waals surface area contributed by atoms with E-state index in [1.807, 2.05) is 61.1 Å². The fourth-order valence-electron chi connectivity index (χ4n) is 2.23. The topological polar surface area (TPSA) is 31.2 Å². The zero-order valence-electron chi connectivity index (χ0n) is 11.7. The van der Waals surface area contributed by atoms with Crippen LogP contribution in [0.25, 0.3) is 5.69 Å². The number of aromatic nitrogens is 1. The average molecular weight is 292 g/mol. The quantitative estimate of drug-likeness (QED) is 0.774. The van der Waals surface area contributed by atoms with Crippen molar-refractivity contribution in [2.24, 2.45) is 0 Å². The number of hydrogen-bond acceptors (Lipinski definition) is 2. The highest BCUT2D eigenvalue weighted by Crippen LogP contribution is 2.28. The van der Waals surface area contributed by atoms with Crippen molar-refractivity contribution >= 4 is 17.6 Å². The predicted molar refractivity (Wildman–Crippen MR) is 80.4 cm³/mol. The molecule has 20 heavy (non-hydrogen) atoms. The second-order valence-electron chi connectivity index (χ2n) is 4.51. The Morgan fingerprint density at radius 1 is 1.30 bits per heavy atom. The normalized spacial score (nSPS) is 12.2. The molecule has 2 aromatic rings. The van der Waals surface area contributed by atoms with E-state index in [1.54, 1.807) is 0 Å². The summed E-state index contributed by atoms with van der Waals surface area (Å²) < 4.78 is 7.05. The number of carbonyl (C=O) groups is 1. The number of ether oxygens (including phenoxy) is 1. The van der Waals surface area contributed by atoms with Crippen LogP contribution in [0.3, 0.4) is 0 Å². The molecule has 1 atom stereocenters. The van der Waals surface area contributed by atoms with Gasteiger partial charge in [-0.05, 0) is 43.2 Å². The molecule has 0 saturated carbocycles. The lowest BCUT2D eigenvalue weighted by atomic mass is 9.96. The first-order chi connectivity index (χ1) is 9.67. The summed E-state index contributed by atoms with van der Waals surface area (Å²) >= 11 is 6.33. The first-order valence-corrected chi connectivity index (χ1v) is 7.14. The molecule has 2 rings (SSSR count). The highest BCUT2D eigenvalue weighted by atomic mass is 35.5. The molecule has 0 fully saturated rings. The van der Waals surface area contributed by atoms with Crippen molar-refractivity contribution in [3.05, 3.63) is 53.3 Å². The average Bonchev–Trinajstić information content (AvgIpc) is 2.94. The van der Waals surface area contributed by atoms with E-state index in [2.05, 4.69) is 0 Å². The Morgan fingerprint density at radius 2 is 2.00 bits per heavy atom. The number of halogens is 1. The Balaban J connectivity index is 2.30. The molecule has 1 aromatic carbocycles. The van der Waals surface area contributed by atoms with Crippen LogP contribution in [-0.4, -0.2) is 17.1 Å². The summed E-state index contributed by atoms with van der Waals surface area (Å²) in [5.41, 5.74) is 1.80. The van der Waals surface area contributed by atoms with E-state index in [0.717, 1.165) is 11.3 Å². The Bertz CT molecular complexity index is 578. The fourth-order valence-corrected chi connectivity index (χ4v) is 2.51. The number of benzene rings is 1. The van der Waals surface area contributed by atoms with Crippen LogP contribution in [-0.2, 0) is 9.53 Å². The van der Waals surface area contributed by atoms with Crippen LogP contribution in [0, 0.1) is 0 Å². The first-order valence-electron chi connectivity index (χ1n) is 6.76. The maximum Gasteiger partial charge on any atom is 0.313 e. The second kappa shape index (κ2) is 6.62. The van der Waals surface area contributed by atoms with E-state index >= 15 is 0 Å². The third-order valence-electron chi connectivity index (χ3n) is 3.24. The minimum absolute atomic E-state index is 0.195. The zero-order chi connectivity index (χ0) is 14.5. The van der Waals surface area contributed by atoms with Crippen molar-refractivity contribution in [1.82, 2.24) is 4.57 Å². The lowest BCUT2D eigenvalue weighted by Crippen LogP contribution is -2.15.